The molecule has 1 aromatic heterocycles. The number of H-pyrrole nitrogens is 1. The fourth-order valence-corrected chi connectivity index (χ4v) is 2.36. The molecular formula is C12H19N3O. The van der Waals surface area contributed by atoms with Gasteiger partial charge in [0.15, 0.2) is 0 Å². The van der Waals surface area contributed by atoms with Gasteiger partial charge in [0.2, 0.25) is 0 Å². The van der Waals surface area contributed by atoms with E-state index in [0.29, 0.717) is 5.92 Å². The summed E-state index contributed by atoms with van der Waals surface area (Å²) in [5.74, 6) is 1.25. The van der Waals surface area contributed by atoms with Gasteiger partial charge in [-0.3, -0.25) is 4.79 Å². The zero-order chi connectivity index (χ0) is 11.5. The molecule has 0 radical (unpaired) electrons. The number of likely N-dealkylation sites (N-methyl/N-ethyl adjacent to an activating group) is 1. The average molecular weight is 221 g/mol. The maximum absolute atomic E-state index is 11.4. The molecule has 0 saturated carbocycles. The molecule has 1 N–H and O–H groups in total. The van der Waals surface area contributed by atoms with Crippen LogP contribution in [0, 0.1) is 6.92 Å². The van der Waals surface area contributed by atoms with Crippen LogP contribution in [0.3, 0.4) is 0 Å². The highest BCUT2D eigenvalue weighted by Crippen LogP contribution is 2.23. The summed E-state index contributed by atoms with van der Waals surface area (Å²) in [4.78, 5) is 21.1. The van der Waals surface area contributed by atoms with Crippen LogP contribution in [0.1, 0.15) is 37.2 Å². The molecule has 0 unspecified atom stereocenters. The highest BCUT2D eigenvalue weighted by Gasteiger charge is 2.22. The molecule has 0 aliphatic carbocycles. The van der Waals surface area contributed by atoms with E-state index in [1.54, 1.807) is 6.07 Å². The Hall–Kier alpha value is -1.16. The second-order valence-electron chi connectivity index (χ2n) is 4.50. The average Bonchev–Trinajstić information content (AvgIpc) is 2.28. The predicted molar refractivity (Wildman–Crippen MR) is 63.7 cm³/mol. The smallest absolute Gasteiger partial charge is 0.251 e. The molecule has 0 spiro atoms. The van der Waals surface area contributed by atoms with Crippen molar-refractivity contribution < 1.29 is 0 Å². The number of aromatic amines is 1. The number of nitrogens with zero attached hydrogens (tertiary/aromatic N) is 2. The van der Waals surface area contributed by atoms with E-state index in [-0.39, 0.29) is 5.56 Å². The van der Waals surface area contributed by atoms with Crippen molar-refractivity contribution in [2.45, 2.75) is 32.6 Å². The van der Waals surface area contributed by atoms with Gasteiger partial charge in [-0.25, -0.2) is 4.98 Å². The minimum Gasteiger partial charge on any atom is -0.310 e. The zero-order valence-corrected chi connectivity index (χ0v) is 9.99. The third-order valence-corrected chi connectivity index (χ3v) is 3.23. The van der Waals surface area contributed by atoms with E-state index in [1.165, 1.54) is 13.0 Å². The van der Waals surface area contributed by atoms with E-state index in [4.69, 9.17) is 0 Å². The summed E-state index contributed by atoms with van der Waals surface area (Å²) in [6.07, 6.45) is 2.32. The first kappa shape index (κ1) is 11.3. The van der Waals surface area contributed by atoms with Crippen LogP contribution < -0.4 is 5.56 Å². The summed E-state index contributed by atoms with van der Waals surface area (Å²) >= 11 is 0. The van der Waals surface area contributed by atoms with Crippen molar-refractivity contribution >= 4 is 0 Å². The second-order valence-corrected chi connectivity index (χ2v) is 4.50. The summed E-state index contributed by atoms with van der Waals surface area (Å²) in [6, 6.07) is 1.55. The van der Waals surface area contributed by atoms with Crippen molar-refractivity contribution in [1.29, 1.82) is 0 Å². The van der Waals surface area contributed by atoms with Gasteiger partial charge in [-0.15, -0.1) is 0 Å². The van der Waals surface area contributed by atoms with E-state index in [2.05, 4.69) is 21.8 Å². The lowest BCUT2D eigenvalue weighted by Gasteiger charge is -2.31. The minimum absolute atomic E-state index is 0.0314. The van der Waals surface area contributed by atoms with Crippen LogP contribution in [-0.2, 0) is 0 Å². The van der Waals surface area contributed by atoms with Crippen molar-refractivity contribution in [3.8, 4) is 0 Å². The van der Waals surface area contributed by atoms with Crippen LogP contribution in [0.15, 0.2) is 10.9 Å². The van der Waals surface area contributed by atoms with Crippen molar-refractivity contribution in [2.75, 3.05) is 19.6 Å². The van der Waals surface area contributed by atoms with Gasteiger partial charge in [-0.2, -0.15) is 0 Å². The number of hydrogen-bond acceptors (Lipinski definition) is 3. The Balaban J connectivity index is 2.19. The molecule has 1 fully saturated rings. The molecule has 1 aliphatic heterocycles. The molecule has 1 aromatic rings. The third kappa shape index (κ3) is 2.50. The molecule has 16 heavy (non-hydrogen) atoms. The minimum atomic E-state index is -0.0314. The topological polar surface area (TPSA) is 49.0 Å². The zero-order valence-electron chi connectivity index (χ0n) is 9.99. The monoisotopic (exact) mass is 221 g/mol. The Kier molecular flexibility index (Phi) is 3.39. The first-order valence-corrected chi connectivity index (χ1v) is 5.99. The largest absolute Gasteiger partial charge is 0.310 e. The molecular weight excluding hydrogens is 202 g/mol. The third-order valence-electron chi connectivity index (χ3n) is 3.23. The van der Waals surface area contributed by atoms with Gasteiger partial charge >= 0.3 is 0 Å². The first-order chi connectivity index (χ1) is 7.69. The standard InChI is InChI=1S/C12H19N3O/c1-3-15-6-4-5-10(8-15)12-13-9(2)7-11(16)14-12/h7,10H,3-6,8H2,1-2H3,(H,13,14,16)/t10-/m0/s1. The predicted octanol–water partition coefficient (Wildman–Crippen LogP) is 1.28. The molecule has 2 heterocycles. The van der Waals surface area contributed by atoms with Gasteiger partial charge < -0.3 is 9.88 Å². The highest BCUT2D eigenvalue weighted by atomic mass is 16.1. The van der Waals surface area contributed by atoms with E-state index in [9.17, 15) is 4.79 Å². The van der Waals surface area contributed by atoms with Crippen LogP contribution in [0.2, 0.25) is 0 Å². The normalized spacial score (nSPS) is 22.2. The summed E-state index contributed by atoms with van der Waals surface area (Å²) in [6.45, 7) is 7.31. The number of rotatable bonds is 2. The summed E-state index contributed by atoms with van der Waals surface area (Å²) < 4.78 is 0. The lowest BCUT2D eigenvalue weighted by molar-refractivity contribution is 0.213. The Morgan fingerprint density at radius 3 is 3.12 bits per heavy atom. The number of aryl methyl sites for hydroxylation is 1. The van der Waals surface area contributed by atoms with E-state index in [0.717, 1.165) is 31.0 Å². The number of hydrogen-bond donors (Lipinski definition) is 1. The summed E-state index contributed by atoms with van der Waals surface area (Å²) in [5, 5.41) is 0. The van der Waals surface area contributed by atoms with Crippen LogP contribution in [-0.4, -0.2) is 34.5 Å². The van der Waals surface area contributed by atoms with Gasteiger partial charge in [-0.05, 0) is 32.9 Å². The van der Waals surface area contributed by atoms with Crippen molar-refractivity contribution in [1.82, 2.24) is 14.9 Å². The van der Waals surface area contributed by atoms with Gasteiger partial charge in [-0.1, -0.05) is 6.92 Å². The second kappa shape index (κ2) is 4.78. The molecule has 1 atom stereocenters. The highest BCUT2D eigenvalue weighted by molar-refractivity contribution is 5.05. The molecule has 2 rings (SSSR count). The lowest BCUT2D eigenvalue weighted by atomic mass is 9.97. The van der Waals surface area contributed by atoms with Crippen LogP contribution in [0.4, 0.5) is 0 Å². The Morgan fingerprint density at radius 1 is 1.62 bits per heavy atom. The van der Waals surface area contributed by atoms with Gasteiger partial charge in [0.05, 0.1) is 0 Å². The molecule has 0 bridgehead atoms. The van der Waals surface area contributed by atoms with Gasteiger partial charge in [0.1, 0.15) is 5.82 Å². The van der Waals surface area contributed by atoms with E-state index in [1.807, 2.05) is 6.92 Å². The van der Waals surface area contributed by atoms with E-state index < -0.39 is 0 Å². The van der Waals surface area contributed by atoms with E-state index >= 15 is 0 Å². The first-order valence-electron chi connectivity index (χ1n) is 5.99. The Labute approximate surface area is 95.7 Å². The molecule has 1 saturated heterocycles. The van der Waals surface area contributed by atoms with Crippen molar-refractivity contribution in [2.24, 2.45) is 0 Å². The molecule has 1 aliphatic rings. The number of likely N-dealkylation sites (tertiary alicyclic amines) is 1. The molecule has 4 heteroatoms. The quantitative estimate of drug-likeness (QED) is 0.818. The fraction of sp³-hybridized carbons (Fsp3) is 0.667. The molecule has 0 aromatic carbocycles. The maximum Gasteiger partial charge on any atom is 0.251 e. The number of nitrogens with one attached hydrogen (secondary N) is 1. The van der Waals surface area contributed by atoms with Crippen LogP contribution >= 0.6 is 0 Å². The van der Waals surface area contributed by atoms with Crippen LogP contribution in [0.5, 0.6) is 0 Å². The molecule has 0 amide bonds. The molecule has 4 nitrogen and oxygen atoms in total. The maximum atomic E-state index is 11.4. The van der Waals surface area contributed by atoms with Crippen molar-refractivity contribution in [3.05, 3.63) is 27.9 Å². The van der Waals surface area contributed by atoms with Gasteiger partial charge in [0.25, 0.3) is 5.56 Å². The summed E-state index contributed by atoms with van der Waals surface area (Å²) in [7, 11) is 0. The number of aromatic nitrogens is 2. The SMILES string of the molecule is CCN1CCC[C@H](c2nc(C)cc(=O)[nH]2)C1. The molecule has 88 valence electrons. The van der Waals surface area contributed by atoms with Gasteiger partial charge in [0, 0.05) is 24.2 Å². The van der Waals surface area contributed by atoms with Crippen molar-refractivity contribution in [3.63, 3.8) is 0 Å². The summed E-state index contributed by atoms with van der Waals surface area (Å²) in [5.41, 5.74) is 0.781. The Morgan fingerprint density at radius 2 is 2.44 bits per heavy atom. The number of piperidine rings is 1. The fourth-order valence-electron chi connectivity index (χ4n) is 2.36. The van der Waals surface area contributed by atoms with Crippen LogP contribution in [0.25, 0.3) is 0 Å². The lowest BCUT2D eigenvalue weighted by Crippen LogP contribution is -2.35. The Bertz CT molecular complexity index is 413.